The van der Waals surface area contributed by atoms with Crippen LogP contribution < -0.4 is 10.2 Å². The average Bonchev–Trinajstić information content (AvgIpc) is 2.46. The summed E-state index contributed by atoms with van der Waals surface area (Å²) in [5.41, 5.74) is -0.863. The second kappa shape index (κ2) is 4.86. The number of fused-ring (bicyclic) bond motifs is 1. The number of pyridine rings is 1. The monoisotopic (exact) mass is 283 g/mol. The lowest BCUT2D eigenvalue weighted by atomic mass is 10.2. The number of alkyl halides is 3. The first-order chi connectivity index (χ1) is 9.55. The number of nitrogens with zero attached hydrogens (tertiary/aromatic N) is 4. The summed E-state index contributed by atoms with van der Waals surface area (Å²) in [4.78, 5) is 13.6. The van der Waals surface area contributed by atoms with Crippen molar-refractivity contribution in [3.8, 4) is 0 Å². The molecule has 3 rings (SSSR count). The van der Waals surface area contributed by atoms with Crippen LogP contribution in [-0.4, -0.2) is 41.1 Å². The van der Waals surface area contributed by atoms with Gasteiger partial charge in [0.25, 0.3) is 0 Å². The summed E-state index contributed by atoms with van der Waals surface area (Å²) in [6.45, 7) is 3.15. The Kier molecular flexibility index (Phi) is 3.17. The van der Waals surface area contributed by atoms with Crippen LogP contribution >= 0.6 is 0 Å². The molecule has 0 aliphatic carbocycles. The van der Waals surface area contributed by atoms with E-state index in [0.29, 0.717) is 11.2 Å². The van der Waals surface area contributed by atoms with Gasteiger partial charge in [0.1, 0.15) is 17.8 Å². The molecule has 0 saturated carbocycles. The van der Waals surface area contributed by atoms with Crippen LogP contribution in [0.3, 0.4) is 0 Å². The van der Waals surface area contributed by atoms with E-state index in [1.165, 1.54) is 12.4 Å². The van der Waals surface area contributed by atoms with E-state index in [4.69, 9.17) is 0 Å². The minimum absolute atomic E-state index is 0.0726. The molecule has 0 bridgehead atoms. The highest BCUT2D eigenvalue weighted by Crippen LogP contribution is 2.30. The van der Waals surface area contributed by atoms with E-state index in [1.54, 1.807) is 0 Å². The van der Waals surface area contributed by atoms with E-state index >= 15 is 0 Å². The highest BCUT2D eigenvalue weighted by molar-refractivity contribution is 5.86. The van der Waals surface area contributed by atoms with Gasteiger partial charge >= 0.3 is 6.18 Å². The maximum atomic E-state index is 12.6. The molecule has 1 saturated heterocycles. The molecular formula is C12H12F3N5. The van der Waals surface area contributed by atoms with Crippen LogP contribution in [0.25, 0.3) is 11.0 Å². The van der Waals surface area contributed by atoms with Crippen molar-refractivity contribution >= 4 is 16.9 Å². The summed E-state index contributed by atoms with van der Waals surface area (Å²) in [6.07, 6.45) is -3.21. The Labute approximate surface area is 112 Å². The number of aromatic nitrogens is 3. The van der Waals surface area contributed by atoms with Gasteiger partial charge < -0.3 is 10.2 Å². The number of piperazine rings is 1. The molecule has 0 spiro atoms. The fourth-order valence-electron chi connectivity index (χ4n) is 2.22. The van der Waals surface area contributed by atoms with Crippen LogP contribution in [0.4, 0.5) is 19.0 Å². The van der Waals surface area contributed by atoms with Crippen molar-refractivity contribution in [2.75, 3.05) is 31.1 Å². The summed E-state index contributed by atoms with van der Waals surface area (Å²) in [7, 11) is 0. The van der Waals surface area contributed by atoms with Crippen LogP contribution in [-0.2, 0) is 6.18 Å². The third-order valence-corrected chi connectivity index (χ3v) is 3.18. The smallest absolute Gasteiger partial charge is 0.353 e. The van der Waals surface area contributed by atoms with Crippen LogP contribution in [0, 0.1) is 0 Å². The average molecular weight is 283 g/mol. The zero-order valence-corrected chi connectivity index (χ0v) is 10.5. The van der Waals surface area contributed by atoms with E-state index < -0.39 is 11.9 Å². The first-order valence-electron chi connectivity index (χ1n) is 6.20. The summed E-state index contributed by atoms with van der Waals surface area (Å²) in [5, 5.41) is 3.76. The molecule has 20 heavy (non-hydrogen) atoms. The van der Waals surface area contributed by atoms with E-state index in [1.807, 2.05) is 4.90 Å². The lowest BCUT2D eigenvalue weighted by molar-refractivity contribution is -0.141. The van der Waals surface area contributed by atoms with Crippen molar-refractivity contribution in [3.05, 3.63) is 24.2 Å². The Hall–Kier alpha value is -1.96. The topological polar surface area (TPSA) is 53.9 Å². The van der Waals surface area contributed by atoms with Crippen molar-refractivity contribution in [3.63, 3.8) is 0 Å². The van der Waals surface area contributed by atoms with Gasteiger partial charge in [-0.2, -0.15) is 13.2 Å². The third kappa shape index (κ3) is 2.38. The summed E-state index contributed by atoms with van der Waals surface area (Å²) >= 11 is 0. The van der Waals surface area contributed by atoms with E-state index in [2.05, 4.69) is 20.3 Å². The molecule has 0 amide bonds. The number of anilines is 1. The van der Waals surface area contributed by atoms with Crippen molar-refractivity contribution in [2.24, 2.45) is 0 Å². The second-order valence-corrected chi connectivity index (χ2v) is 4.50. The van der Waals surface area contributed by atoms with Gasteiger partial charge in [-0.3, -0.25) is 0 Å². The van der Waals surface area contributed by atoms with Gasteiger partial charge in [-0.15, -0.1) is 0 Å². The molecule has 1 fully saturated rings. The summed E-state index contributed by atoms with van der Waals surface area (Å²) in [6, 6.07) is 2.36. The molecule has 1 aliphatic heterocycles. The van der Waals surface area contributed by atoms with Gasteiger partial charge in [0, 0.05) is 26.2 Å². The number of rotatable bonds is 1. The molecule has 106 valence electrons. The van der Waals surface area contributed by atoms with E-state index in [-0.39, 0.29) is 5.65 Å². The van der Waals surface area contributed by atoms with E-state index in [9.17, 15) is 13.2 Å². The van der Waals surface area contributed by atoms with Crippen molar-refractivity contribution in [2.45, 2.75) is 6.18 Å². The van der Waals surface area contributed by atoms with Crippen LogP contribution in [0.2, 0.25) is 0 Å². The molecule has 2 aromatic rings. The fourth-order valence-corrected chi connectivity index (χ4v) is 2.22. The van der Waals surface area contributed by atoms with Gasteiger partial charge in [-0.1, -0.05) is 0 Å². The predicted molar refractivity (Wildman–Crippen MR) is 67.4 cm³/mol. The summed E-state index contributed by atoms with van der Waals surface area (Å²) < 4.78 is 37.9. The normalized spacial score (nSPS) is 16.6. The largest absolute Gasteiger partial charge is 0.433 e. The minimum Gasteiger partial charge on any atom is -0.353 e. The molecule has 0 atom stereocenters. The van der Waals surface area contributed by atoms with Crippen LogP contribution in [0.5, 0.6) is 0 Å². The quantitative estimate of drug-likeness (QED) is 0.858. The Morgan fingerprint density at radius 2 is 1.85 bits per heavy atom. The highest BCUT2D eigenvalue weighted by Gasteiger charge is 2.33. The standard InChI is InChI=1S/C12H12F3N5/c13-12(14,15)9-2-1-8-10(19-9)17-7-18-11(8)20-5-3-16-4-6-20/h1-2,7,16H,3-6H2. The van der Waals surface area contributed by atoms with Crippen LogP contribution in [0.15, 0.2) is 18.5 Å². The van der Waals surface area contributed by atoms with Gasteiger partial charge in [-0.25, -0.2) is 15.0 Å². The zero-order valence-electron chi connectivity index (χ0n) is 10.5. The Bertz CT molecular complexity index is 622. The molecule has 0 unspecified atom stereocenters. The molecule has 2 aromatic heterocycles. The third-order valence-electron chi connectivity index (χ3n) is 3.18. The van der Waals surface area contributed by atoms with Crippen molar-refractivity contribution in [1.82, 2.24) is 20.3 Å². The molecule has 1 aliphatic rings. The van der Waals surface area contributed by atoms with E-state index in [0.717, 1.165) is 32.2 Å². The molecule has 8 heteroatoms. The summed E-state index contributed by atoms with van der Waals surface area (Å²) in [5.74, 6) is 0.637. The lowest BCUT2D eigenvalue weighted by Gasteiger charge is -2.28. The maximum Gasteiger partial charge on any atom is 0.433 e. The number of hydrogen-bond donors (Lipinski definition) is 1. The zero-order chi connectivity index (χ0) is 14.2. The Morgan fingerprint density at radius 1 is 1.10 bits per heavy atom. The maximum absolute atomic E-state index is 12.6. The molecule has 5 nitrogen and oxygen atoms in total. The van der Waals surface area contributed by atoms with Gasteiger partial charge in [0.05, 0.1) is 5.39 Å². The van der Waals surface area contributed by atoms with Gasteiger partial charge in [-0.05, 0) is 12.1 Å². The lowest BCUT2D eigenvalue weighted by Crippen LogP contribution is -2.44. The van der Waals surface area contributed by atoms with Gasteiger partial charge in [0.15, 0.2) is 5.65 Å². The molecule has 3 heterocycles. The highest BCUT2D eigenvalue weighted by atomic mass is 19.4. The minimum atomic E-state index is -4.46. The molecule has 0 radical (unpaired) electrons. The Balaban J connectivity index is 2.06. The number of nitrogens with one attached hydrogen (secondary N) is 1. The second-order valence-electron chi connectivity index (χ2n) is 4.50. The van der Waals surface area contributed by atoms with Crippen molar-refractivity contribution < 1.29 is 13.2 Å². The fraction of sp³-hybridized carbons (Fsp3) is 0.417. The molecule has 1 N–H and O–H groups in total. The SMILES string of the molecule is FC(F)(F)c1ccc2c(N3CCNCC3)ncnc2n1. The number of hydrogen-bond acceptors (Lipinski definition) is 5. The Morgan fingerprint density at radius 3 is 2.55 bits per heavy atom. The first-order valence-corrected chi connectivity index (χ1v) is 6.20. The number of halogens is 3. The van der Waals surface area contributed by atoms with Crippen molar-refractivity contribution in [1.29, 1.82) is 0 Å². The van der Waals surface area contributed by atoms with Gasteiger partial charge in [0.2, 0.25) is 0 Å². The predicted octanol–water partition coefficient (Wildman–Crippen LogP) is 1.45. The molecule has 0 aromatic carbocycles. The first kappa shape index (κ1) is 13.0. The van der Waals surface area contributed by atoms with Crippen LogP contribution in [0.1, 0.15) is 5.69 Å². The molecular weight excluding hydrogens is 271 g/mol.